The van der Waals surface area contributed by atoms with Crippen LogP contribution in [-0.2, 0) is 6.42 Å². The van der Waals surface area contributed by atoms with Gasteiger partial charge in [0.15, 0.2) is 18.2 Å². The van der Waals surface area contributed by atoms with Crippen LogP contribution in [-0.4, -0.2) is 38.0 Å². The lowest BCUT2D eigenvalue weighted by molar-refractivity contribution is 0.0101. The maximum Gasteiger partial charge on any atom is 0.187 e. The standard InChI is InChI=1S/C14H18FN5OS/c15-22-20-9-4-13(19-20)18-12-3-1-2-11(17-12)10-14(21)5-7-16-8-6-14/h1-4,9,16,21H,5-8,10H2,(H,17,18,19). The Morgan fingerprint density at radius 1 is 1.32 bits per heavy atom. The van der Waals surface area contributed by atoms with Crippen LogP contribution in [0.1, 0.15) is 18.5 Å². The summed E-state index contributed by atoms with van der Waals surface area (Å²) in [5, 5.41) is 20.8. The molecule has 0 atom stereocenters. The summed E-state index contributed by atoms with van der Waals surface area (Å²) in [4.78, 5) is 4.50. The molecule has 3 heterocycles. The van der Waals surface area contributed by atoms with Crippen LogP contribution in [0.3, 0.4) is 0 Å². The molecular weight excluding hydrogens is 305 g/mol. The number of nitrogens with one attached hydrogen (secondary N) is 2. The average Bonchev–Trinajstić information content (AvgIpc) is 2.95. The van der Waals surface area contributed by atoms with Crippen LogP contribution >= 0.6 is 12.3 Å². The maximum absolute atomic E-state index is 12.4. The molecule has 0 amide bonds. The first-order valence-electron chi connectivity index (χ1n) is 7.18. The number of nitrogens with zero attached hydrogens (tertiary/aromatic N) is 3. The molecule has 6 nitrogen and oxygen atoms in total. The zero-order valence-electron chi connectivity index (χ0n) is 12.0. The molecule has 0 unspecified atom stereocenters. The molecule has 3 N–H and O–H groups in total. The van der Waals surface area contributed by atoms with Gasteiger partial charge in [-0.3, -0.25) is 0 Å². The van der Waals surface area contributed by atoms with Crippen molar-refractivity contribution in [2.45, 2.75) is 24.9 Å². The molecule has 2 aromatic heterocycles. The molecule has 0 aliphatic carbocycles. The summed E-state index contributed by atoms with van der Waals surface area (Å²) >= 11 is 0.0323. The number of halogens is 1. The average molecular weight is 323 g/mol. The van der Waals surface area contributed by atoms with Gasteiger partial charge in [0.05, 0.1) is 5.60 Å². The Kier molecular flexibility index (Phi) is 4.60. The van der Waals surface area contributed by atoms with Crippen LogP contribution in [0.2, 0.25) is 0 Å². The van der Waals surface area contributed by atoms with E-state index in [4.69, 9.17) is 0 Å². The van der Waals surface area contributed by atoms with Crippen molar-refractivity contribution in [3.63, 3.8) is 0 Å². The van der Waals surface area contributed by atoms with E-state index in [1.807, 2.05) is 18.2 Å². The van der Waals surface area contributed by atoms with E-state index in [2.05, 4.69) is 20.7 Å². The Morgan fingerprint density at radius 3 is 2.86 bits per heavy atom. The molecule has 2 aromatic rings. The van der Waals surface area contributed by atoms with Gasteiger partial charge in [-0.25, -0.2) is 4.98 Å². The van der Waals surface area contributed by atoms with Crippen molar-refractivity contribution < 1.29 is 8.99 Å². The second-order valence-electron chi connectivity index (χ2n) is 5.46. The molecule has 22 heavy (non-hydrogen) atoms. The molecule has 1 aliphatic rings. The van der Waals surface area contributed by atoms with Crippen molar-refractivity contribution in [3.8, 4) is 0 Å². The Morgan fingerprint density at radius 2 is 2.14 bits per heavy atom. The van der Waals surface area contributed by atoms with E-state index in [-0.39, 0.29) is 12.3 Å². The van der Waals surface area contributed by atoms with Crippen molar-refractivity contribution in [2.24, 2.45) is 0 Å². The van der Waals surface area contributed by atoms with Crippen LogP contribution < -0.4 is 10.6 Å². The first-order chi connectivity index (χ1) is 10.7. The van der Waals surface area contributed by atoms with E-state index in [0.29, 0.717) is 18.1 Å². The number of aliphatic hydroxyl groups is 1. The summed E-state index contributed by atoms with van der Waals surface area (Å²) in [5.41, 5.74) is 0.136. The Bertz CT molecular complexity index is 629. The van der Waals surface area contributed by atoms with Crippen LogP contribution in [0.4, 0.5) is 15.5 Å². The summed E-state index contributed by atoms with van der Waals surface area (Å²) < 4.78 is 13.5. The lowest BCUT2D eigenvalue weighted by atomic mass is 9.88. The summed E-state index contributed by atoms with van der Waals surface area (Å²) in [6.07, 6.45) is 3.50. The zero-order chi connectivity index (χ0) is 15.4. The van der Waals surface area contributed by atoms with Crippen LogP contribution in [0.5, 0.6) is 0 Å². The Balaban J connectivity index is 1.69. The van der Waals surface area contributed by atoms with Gasteiger partial charge in [0.25, 0.3) is 0 Å². The molecule has 1 aliphatic heterocycles. The van der Waals surface area contributed by atoms with Gasteiger partial charge in [0.2, 0.25) is 0 Å². The number of rotatable bonds is 5. The molecule has 0 radical (unpaired) electrons. The molecule has 0 aromatic carbocycles. The molecule has 0 bridgehead atoms. The topological polar surface area (TPSA) is 75.0 Å². The highest BCUT2D eigenvalue weighted by atomic mass is 32.2. The van der Waals surface area contributed by atoms with Crippen LogP contribution in [0, 0.1) is 0 Å². The van der Waals surface area contributed by atoms with E-state index in [1.54, 1.807) is 6.07 Å². The number of hydrogen-bond acceptors (Lipinski definition) is 6. The fourth-order valence-corrected chi connectivity index (χ4v) is 2.82. The largest absolute Gasteiger partial charge is 0.389 e. The summed E-state index contributed by atoms with van der Waals surface area (Å²) in [6, 6.07) is 7.27. The first-order valence-corrected chi connectivity index (χ1v) is 7.85. The predicted molar refractivity (Wildman–Crippen MR) is 84.6 cm³/mol. The van der Waals surface area contributed by atoms with Gasteiger partial charge in [0, 0.05) is 24.4 Å². The van der Waals surface area contributed by atoms with Crippen molar-refractivity contribution in [2.75, 3.05) is 18.4 Å². The third-order valence-electron chi connectivity index (χ3n) is 3.74. The Labute approximate surface area is 132 Å². The fraction of sp³-hybridized carbons (Fsp3) is 0.429. The summed E-state index contributed by atoms with van der Waals surface area (Å²) in [6.45, 7) is 1.65. The predicted octanol–water partition coefficient (Wildman–Crippen LogP) is 2.06. The van der Waals surface area contributed by atoms with E-state index in [9.17, 15) is 8.99 Å². The molecule has 1 fully saturated rings. The SMILES string of the molecule is OC1(Cc2cccc(Nc3ccn(SF)n3)n2)CCNCC1. The lowest BCUT2D eigenvalue weighted by Gasteiger charge is -2.32. The van der Waals surface area contributed by atoms with Crippen molar-refractivity contribution in [1.29, 1.82) is 0 Å². The van der Waals surface area contributed by atoms with Crippen molar-refractivity contribution in [1.82, 2.24) is 19.5 Å². The highest BCUT2D eigenvalue weighted by molar-refractivity contribution is 7.92. The minimum Gasteiger partial charge on any atom is -0.389 e. The van der Waals surface area contributed by atoms with Gasteiger partial charge in [-0.15, -0.1) is 8.98 Å². The van der Waals surface area contributed by atoms with Crippen molar-refractivity contribution >= 4 is 24.0 Å². The van der Waals surface area contributed by atoms with Crippen LogP contribution in [0.25, 0.3) is 0 Å². The second-order valence-corrected chi connectivity index (χ2v) is 5.97. The van der Waals surface area contributed by atoms with Gasteiger partial charge in [0.1, 0.15) is 5.82 Å². The quantitative estimate of drug-likeness (QED) is 0.782. The van der Waals surface area contributed by atoms with E-state index in [0.717, 1.165) is 35.7 Å². The highest BCUT2D eigenvalue weighted by Crippen LogP contribution is 2.23. The van der Waals surface area contributed by atoms with Gasteiger partial charge in [-0.05, 0) is 38.1 Å². The number of hydrogen-bond donors (Lipinski definition) is 3. The molecule has 0 spiro atoms. The first kappa shape index (κ1) is 15.3. The molecule has 0 saturated carbocycles. The van der Waals surface area contributed by atoms with Crippen LogP contribution in [0.15, 0.2) is 30.5 Å². The second kappa shape index (κ2) is 6.64. The minimum atomic E-state index is -0.691. The number of anilines is 2. The zero-order valence-corrected chi connectivity index (χ0v) is 12.8. The van der Waals surface area contributed by atoms with E-state index in [1.165, 1.54) is 6.20 Å². The Hall–Kier alpha value is -1.64. The third kappa shape index (κ3) is 3.76. The lowest BCUT2D eigenvalue weighted by Crippen LogP contribution is -2.43. The van der Waals surface area contributed by atoms with E-state index >= 15 is 0 Å². The number of aromatic nitrogens is 3. The molecule has 1 saturated heterocycles. The molecule has 118 valence electrons. The minimum absolute atomic E-state index is 0.0323. The van der Waals surface area contributed by atoms with Crippen molar-refractivity contribution in [3.05, 3.63) is 36.2 Å². The molecule has 8 heteroatoms. The normalized spacial score (nSPS) is 17.4. The van der Waals surface area contributed by atoms with Gasteiger partial charge in [-0.1, -0.05) is 6.07 Å². The summed E-state index contributed by atoms with van der Waals surface area (Å²) in [5.74, 6) is 1.15. The van der Waals surface area contributed by atoms with Gasteiger partial charge < -0.3 is 15.7 Å². The smallest absolute Gasteiger partial charge is 0.187 e. The number of piperidine rings is 1. The molecule has 3 rings (SSSR count). The maximum atomic E-state index is 12.4. The fourth-order valence-electron chi connectivity index (χ4n) is 2.60. The summed E-state index contributed by atoms with van der Waals surface area (Å²) in [7, 11) is 0. The molecular formula is C14H18FN5OS. The number of pyridine rings is 1. The monoisotopic (exact) mass is 323 g/mol. The third-order valence-corrected chi connectivity index (χ3v) is 4.09. The van der Waals surface area contributed by atoms with E-state index < -0.39 is 5.60 Å². The van der Waals surface area contributed by atoms with Gasteiger partial charge >= 0.3 is 0 Å². The van der Waals surface area contributed by atoms with Gasteiger partial charge in [-0.2, -0.15) is 4.09 Å². The highest BCUT2D eigenvalue weighted by Gasteiger charge is 2.29.